The summed E-state index contributed by atoms with van der Waals surface area (Å²) >= 11 is 0. The van der Waals surface area contributed by atoms with Crippen molar-refractivity contribution in [3.8, 4) is 23.0 Å². The van der Waals surface area contributed by atoms with Gasteiger partial charge in [0.2, 0.25) is 11.6 Å². The Labute approximate surface area is 134 Å². The van der Waals surface area contributed by atoms with Crippen LogP contribution in [0.2, 0.25) is 0 Å². The highest BCUT2D eigenvalue weighted by molar-refractivity contribution is 5.60. The van der Waals surface area contributed by atoms with E-state index in [0.29, 0.717) is 23.0 Å². The van der Waals surface area contributed by atoms with Gasteiger partial charge >= 0.3 is 11.6 Å². The average molecular weight is 329 g/mol. The molecule has 0 fully saturated rings. The van der Waals surface area contributed by atoms with Crippen LogP contribution in [0.4, 0.5) is 11.6 Å². The number of aromatic nitrogens is 5. The van der Waals surface area contributed by atoms with Crippen LogP contribution in [0.25, 0.3) is 23.0 Å². The third-order valence-electron chi connectivity index (χ3n) is 3.51. The van der Waals surface area contributed by atoms with Gasteiger partial charge in [-0.15, -0.1) is 0 Å². The van der Waals surface area contributed by atoms with E-state index in [1.54, 1.807) is 18.2 Å². The predicted octanol–water partition coefficient (Wildman–Crippen LogP) is 1.70. The van der Waals surface area contributed by atoms with E-state index in [4.69, 9.17) is 0 Å². The second-order valence-corrected chi connectivity index (χ2v) is 4.92. The molecule has 0 atom stereocenters. The lowest BCUT2D eigenvalue weighted by Gasteiger charge is -2.02. The van der Waals surface area contributed by atoms with Crippen LogP contribution in [0.1, 0.15) is 0 Å². The molecule has 0 aliphatic carbocycles. The number of hydrogen-bond acceptors (Lipinski definition) is 7. The Kier molecular flexibility index (Phi) is 3.52. The molecule has 11 nitrogen and oxygen atoms in total. The number of nitrogens with zero attached hydrogens (tertiary/aromatic N) is 7. The number of imidazole rings is 2. The highest BCUT2D eigenvalue weighted by Crippen LogP contribution is 2.25. The molecule has 3 aromatic rings. The molecule has 3 aromatic heterocycles. The Morgan fingerprint density at radius 1 is 0.875 bits per heavy atom. The van der Waals surface area contributed by atoms with Gasteiger partial charge in [0.1, 0.15) is 23.8 Å². The molecule has 0 radical (unpaired) electrons. The summed E-state index contributed by atoms with van der Waals surface area (Å²) in [5.74, 6) is 0.300. The minimum absolute atomic E-state index is 0.162. The SMILES string of the molecule is Cn1c([N+](=O)[O-])cnc1-c1cccc(-c2ncc([N+](=O)[O-])n2C)n1. The Bertz CT molecular complexity index is 886. The summed E-state index contributed by atoms with van der Waals surface area (Å²) in [4.78, 5) is 33.2. The van der Waals surface area contributed by atoms with Crippen molar-refractivity contribution >= 4 is 11.6 Å². The van der Waals surface area contributed by atoms with Crippen molar-refractivity contribution in [2.45, 2.75) is 0 Å². The van der Waals surface area contributed by atoms with Gasteiger partial charge < -0.3 is 20.2 Å². The minimum Gasteiger partial charge on any atom is -0.358 e. The lowest BCUT2D eigenvalue weighted by molar-refractivity contribution is -0.391. The third kappa shape index (κ3) is 2.37. The number of nitro groups is 2. The monoisotopic (exact) mass is 329 g/mol. The van der Waals surface area contributed by atoms with E-state index in [1.165, 1.54) is 23.2 Å². The fourth-order valence-corrected chi connectivity index (χ4v) is 2.30. The van der Waals surface area contributed by atoms with Crippen molar-refractivity contribution in [1.29, 1.82) is 0 Å². The molecule has 122 valence electrons. The largest absolute Gasteiger partial charge is 0.358 e. The highest BCUT2D eigenvalue weighted by Gasteiger charge is 2.22. The summed E-state index contributed by atoms with van der Waals surface area (Å²) in [6.07, 6.45) is 2.30. The van der Waals surface area contributed by atoms with E-state index in [9.17, 15) is 20.2 Å². The van der Waals surface area contributed by atoms with Crippen LogP contribution in [0, 0.1) is 20.2 Å². The van der Waals surface area contributed by atoms with Crippen molar-refractivity contribution in [3.63, 3.8) is 0 Å². The minimum atomic E-state index is -0.539. The normalized spacial score (nSPS) is 10.8. The summed E-state index contributed by atoms with van der Waals surface area (Å²) in [5.41, 5.74) is 0.794. The second kappa shape index (κ2) is 5.53. The van der Waals surface area contributed by atoms with Crippen molar-refractivity contribution < 1.29 is 9.85 Å². The maximum absolute atomic E-state index is 10.9. The molecule has 0 aliphatic heterocycles. The molecule has 0 bridgehead atoms. The van der Waals surface area contributed by atoms with Crippen molar-refractivity contribution in [2.75, 3.05) is 0 Å². The molecular formula is C13H11N7O4. The molecule has 0 saturated heterocycles. The van der Waals surface area contributed by atoms with E-state index in [0.717, 1.165) is 12.4 Å². The van der Waals surface area contributed by atoms with E-state index in [1.807, 2.05) is 0 Å². The summed E-state index contributed by atoms with van der Waals surface area (Å²) < 4.78 is 2.62. The maximum atomic E-state index is 10.9. The van der Waals surface area contributed by atoms with Gasteiger partial charge in [-0.25, -0.2) is 24.1 Å². The number of hydrogen-bond donors (Lipinski definition) is 0. The lowest BCUT2D eigenvalue weighted by atomic mass is 10.2. The summed E-state index contributed by atoms with van der Waals surface area (Å²) in [6.45, 7) is 0. The molecule has 0 amide bonds. The van der Waals surface area contributed by atoms with Gasteiger partial charge in [-0.2, -0.15) is 0 Å². The van der Waals surface area contributed by atoms with E-state index >= 15 is 0 Å². The van der Waals surface area contributed by atoms with Gasteiger partial charge in [-0.3, -0.25) is 0 Å². The number of rotatable bonds is 4. The molecular weight excluding hydrogens is 318 g/mol. The first-order chi connectivity index (χ1) is 11.4. The van der Waals surface area contributed by atoms with Crippen molar-refractivity contribution in [1.82, 2.24) is 24.1 Å². The Morgan fingerprint density at radius 2 is 1.29 bits per heavy atom. The second-order valence-electron chi connectivity index (χ2n) is 4.92. The zero-order chi connectivity index (χ0) is 17.4. The Balaban J connectivity index is 2.08. The third-order valence-corrected chi connectivity index (χ3v) is 3.51. The molecule has 11 heteroatoms. The fraction of sp³-hybridized carbons (Fsp3) is 0.154. The van der Waals surface area contributed by atoms with Gasteiger partial charge in [0.05, 0.1) is 14.1 Å². The topological polar surface area (TPSA) is 135 Å². The van der Waals surface area contributed by atoms with Crippen LogP contribution in [0.15, 0.2) is 30.6 Å². The zero-order valence-electron chi connectivity index (χ0n) is 12.7. The van der Waals surface area contributed by atoms with E-state index < -0.39 is 9.85 Å². The number of pyridine rings is 1. The molecule has 0 saturated carbocycles. The van der Waals surface area contributed by atoms with Gasteiger partial charge in [-0.1, -0.05) is 6.07 Å². The Morgan fingerprint density at radius 3 is 1.62 bits per heavy atom. The van der Waals surface area contributed by atoms with Gasteiger partial charge in [0.15, 0.2) is 0 Å². The fourth-order valence-electron chi connectivity index (χ4n) is 2.30. The van der Waals surface area contributed by atoms with Crippen LogP contribution < -0.4 is 0 Å². The van der Waals surface area contributed by atoms with Crippen LogP contribution in [0.5, 0.6) is 0 Å². The lowest BCUT2D eigenvalue weighted by Crippen LogP contribution is -2.02. The van der Waals surface area contributed by atoms with Gasteiger partial charge in [-0.05, 0) is 22.0 Å². The Hall–Kier alpha value is -3.63. The van der Waals surface area contributed by atoms with Crippen LogP contribution in [-0.2, 0) is 14.1 Å². The van der Waals surface area contributed by atoms with Crippen LogP contribution in [-0.4, -0.2) is 33.9 Å². The molecule has 0 unspecified atom stereocenters. The highest BCUT2D eigenvalue weighted by atomic mass is 16.6. The molecule has 0 spiro atoms. The first-order valence-electron chi connectivity index (χ1n) is 6.70. The van der Waals surface area contributed by atoms with Crippen molar-refractivity contribution in [3.05, 3.63) is 50.8 Å². The smallest absolute Gasteiger partial charge is 0.342 e. The first kappa shape index (κ1) is 15.3. The molecule has 0 aromatic carbocycles. The van der Waals surface area contributed by atoms with Gasteiger partial charge in [0, 0.05) is 0 Å². The molecule has 24 heavy (non-hydrogen) atoms. The maximum Gasteiger partial charge on any atom is 0.342 e. The standard InChI is InChI=1S/C13H11N7O4/c1-17-10(19(21)22)6-14-12(17)8-4-3-5-9(16-8)13-15-7-11(18(13)2)20(23)24/h3-7H,1-2H3. The first-order valence-corrected chi connectivity index (χ1v) is 6.70. The molecule has 0 N–H and O–H groups in total. The van der Waals surface area contributed by atoms with Gasteiger partial charge in [0.25, 0.3) is 0 Å². The van der Waals surface area contributed by atoms with Crippen molar-refractivity contribution in [2.24, 2.45) is 14.1 Å². The predicted molar refractivity (Wildman–Crippen MR) is 81.9 cm³/mol. The van der Waals surface area contributed by atoms with E-state index in [2.05, 4.69) is 15.0 Å². The summed E-state index contributed by atoms with van der Waals surface area (Å²) in [7, 11) is 3.03. The quantitative estimate of drug-likeness (QED) is 0.525. The zero-order valence-corrected chi connectivity index (χ0v) is 12.7. The van der Waals surface area contributed by atoms with E-state index in [-0.39, 0.29) is 11.6 Å². The van der Waals surface area contributed by atoms with Crippen LogP contribution >= 0.6 is 0 Å². The average Bonchev–Trinajstić information content (AvgIpc) is 3.10. The molecule has 3 rings (SSSR count). The molecule has 3 heterocycles. The molecule has 0 aliphatic rings. The summed E-state index contributed by atoms with van der Waals surface area (Å²) in [6, 6.07) is 4.97. The van der Waals surface area contributed by atoms with Crippen LogP contribution in [0.3, 0.4) is 0 Å². The summed E-state index contributed by atoms with van der Waals surface area (Å²) in [5, 5.41) is 21.8.